The van der Waals surface area contributed by atoms with Crippen LogP contribution in [0.2, 0.25) is 5.02 Å². The van der Waals surface area contributed by atoms with Crippen LogP contribution in [0.25, 0.3) is 0 Å². The summed E-state index contributed by atoms with van der Waals surface area (Å²) in [6, 6.07) is 4.92. The van der Waals surface area contributed by atoms with Crippen LogP contribution in [0.15, 0.2) is 18.2 Å². The zero-order chi connectivity index (χ0) is 16.3. The molecule has 1 N–H and O–H groups in total. The molecule has 0 atom stereocenters. The van der Waals surface area contributed by atoms with Crippen LogP contribution in [0.3, 0.4) is 0 Å². The van der Waals surface area contributed by atoms with Crippen LogP contribution in [0.4, 0.5) is 5.69 Å². The van der Waals surface area contributed by atoms with Crippen LogP contribution in [0.5, 0.6) is 5.75 Å². The second kappa shape index (κ2) is 6.57. The Balaban J connectivity index is 2.08. The van der Waals surface area contributed by atoms with Gasteiger partial charge in [0, 0.05) is 5.02 Å². The van der Waals surface area contributed by atoms with E-state index in [1.807, 2.05) is 0 Å². The van der Waals surface area contributed by atoms with Crippen molar-refractivity contribution < 1.29 is 19.1 Å². The second-order valence-electron chi connectivity index (χ2n) is 6.27. The summed E-state index contributed by atoms with van der Waals surface area (Å²) in [5, 5.41) is 2.95. The van der Waals surface area contributed by atoms with E-state index in [1.54, 1.807) is 39.0 Å². The van der Waals surface area contributed by atoms with E-state index in [0.717, 1.165) is 19.3 Å². The topological polar surface area (TPSA) is 64.6 Å². The number of carbonyl (C=O) groups excluding carboxylic acids is 2. The highest BCUT2D eigenvalue weighted by atomic mass is 35.5. The van der Waals surface area contributed by atoms with Crippen LogP contribution >= 0.6 is 11.6 Å². The average molecular weight is 326 g/mol. The molecule has 1 aliphatic carbocycles. The number of ether oxygens (including phenoxy) is 2. The highest BCUT2D eigenvalue weighted by Crippen LogP contribution is 2.32. The number of nitrogens with one attached hydrogen (secondary N) is 1. The van der Waals surface area contributed by atoms with Crippen molar-refractivity contribution in [2.24, 2.45) is 0 Å². The van der Waals surface area contributed by atoms with Crippen molar-refractivity contribution in [2.45, 2.75) is 51.7 Å². The van der Waals surface area contributed by atoms with Gasteiger partial charge in [0.25, 0.3) is 0 Å². The Bertz CT molecular complexity index is 576. The number of rotatable bonds is 3. The van der Waals surface area contributed by atoms with Gasteiger partial charge in [-0.15, -0.1) is 0 Å². The lowest BCUT2D eigenvalue weighted by atomic mass is 9.96. The Morgan fingerprint density at radius 1 is 1.27 bits per heavy atom. The lowest BCUT2D eigenvalue weighted by Gasteiger charge is -2.27. The highest BCUT2D eigenvalue weighted by Gasteiger charge is 2.25. The summed E-state index contributed by atoms with van der Waals surface area (Å²) >= 11 is 5.95. The molecule has 0 bridgehead atoms. The first-order valence-corrected chi connectivity index (χ1v) is 7.63. The zero-order valence-electron chi connectivity index (χ0n) is 12.9. The number of amides is 1. The molecule has 5 nitrogen and oxygen atoms in total. The molecule has 1 amide bonds. The van der Waals surface area contributed by atoms with Gasteiger partial charge in [0.05, 0.1) is 11.8 Å². The van der Waals surface area contributed by atoms with Gasteiger partial charge in [0.15, 0.2) is 0 Å². The minimum Gasteiger partial charge on any atom is -0.488 e. The number of halogens is 1. The molecule has 2 rings (SSSR count). The third-order valence-corrected chi connectivity index (χ3v) is 3.36. The van der Waals surface area contributed by atoms with E-state index in [0.29, 0.717) is 16.5 Å². The molecule has 0 saturated heterocycles. The van der Waals surface area contributed by atoms with Gasteiger partial charge in [-0.3, -0.25) is 4.79 Å². The third-order valence-electron chi connectivity index (χ3n) is 3.12. The Morgan fingerprint density at radius 3 is 2.50 bits per heavy atom. The predicted octanol–water partition coefficient (Wildman–Crippen LogP) is 3.55. The Labute approximate surface area is 134 Å². The van der Waals surface area contributed by atoms with Crippen LogP contribution in [-0.2, 0) is 14.3 Å². The fraction of sp³-hybridized carbons (Fsp3) is 0.500. The molecule has 0 spiro atoms. The maximum Gasteiger partial charge on any atom is 0.397 e. The Hall–Kier alpha value is -1.75. The molecule has 1 fully saturated rings. The third kappa shape index (κ3) is 4.63. The van der Waals surface area contributed by atoms with E-state index in [9.17, 15) is 9.59 Å². The standard InChI is InChI=1S/C16H20ClNO4/c1-16(2,3)22-15(20)14(19)18-12-9-10(17)7-8-13(12)21-11-5-4-6-11/h7-9,11H,4-6H2,1-3H3,(H,18,19). The number of hydrogen-bond donors (Lipinski definition) is 1. The predicted molar refractivity (Wildman–Crippen MR) is 84.2 cm³/mol. The zero-order valence-corrected chi connectivity index (χ0v) is 13.7. The maximum atomic E-state index is 11.9. The fourth-order valence-corrected chi connectivity index (χ4v) is 2.04. The summed E-state index contributed by atoms with van der Waals surface area (Å²) in [6.07, 6.45) is 3.26. The average Bonchev–Trinajstić information content (AvgIpc) is 2.33. The van der Waals surface area contributed by atoms with Gasteiger partial charge in [0.1, 0.15) is 11.4 Å². The Kier molecular flexibility index (Phi) is 4.96. The molecule has 0 unspecified atom stereocenters. The molecule has 22 heavy (non-hydrogen) atoms. The molecule has 120 valence electrons. The molecule has 0 aromatic heterocycles. The van der Waals surface area contributed by atoms with Gasteiger partial charge in [-0.25, -0.2) is 4.79 Å². The van der Waals surface area contributed by atoms with Crippen LogP contribution in [0.1, 0.15) is 40.0 Å². The summed E-state index contributed by atoms with van der Waals surface area (Å²) in [4.78, 5) is 23.7. The molecule has 1 aromatic rings. The quantitative estimate of drug-likeness (QED) is 0.682. The largest absolute Gasteiger partial charge is 0.488 e. The van der Waals surface area contributed by atoms with E-state index in [1.165, 1.54) is 0 Å². The minimum absolute atomic E-state index is 0.151. The van der Waals surface area contributed by atoms with Gasteiger partial charge < -0.3 is 14.8 Å². The van der Waals surface area contributed by atoms with Crippen molar-refractivity contribution in [1.82, 2.24) is 0 Å². The molecular formula is C16H20ClNO4. The van der Waals surface area contributed by atoms with Crippen LogP contribution < -0.4 is 10.1 Å². The maximum absolute atomic E-state index is 11.9. The van der Waals surface area contributed by atoms with E-state index in [4.69, 9.17) is 21.1 Å². The summed E-state index contributed by atoms with van der Waals surface area (Å²) in [5.41, 5.74) is -0.358. The van der Waals surface area contributed by atoms with E-state index < -0.39 is 17.5 Å². The molecule has 0 radical (unpaired) electrons. The number of carbonyl (C=O) groups is 2. The number of esters is 1. The van der Waals surface area contributed by atoms with E-state index in [2.05, 4.69) is 5.32 Å². The first-order valence-electron chi connectivity index (χ1n) is 7.25. The van der Waals surface area contributed by atoms with Crippen LogP contribution in [-0.4, -0.2) is 23.6 Å². The lowest BCUT2D eigenvalue weighted by molar-refractivity contribution is -0.161. The first-order chi connectivity index (χ1) is 10.2. The van der Waals surface area contributed by atoms with Crippen molar-refractivity contribution in [3.63, 3.8) is 0 Å². The van der Waals surface area contributed by atoms with Crippen molar-refractivity contribution in [3.8, 4) is 5.75 Å². The van der Waals surface area contributed by atoms with Gasteiger partial charge in [-0.05, 0) is 58.2 Å². The summed E-state index contributed by atoms with van der Waals surface area (Å²) in [7, 11) is 0. The Morgan fingerprint density at radius 2 is 1.95 bits per heavy atom. The number of hydrogen-bond acceptors (Lipinski definition) is 4. The SMILES string of the molecule is CC(C)(C)OC(=O)C(=O)Nc1cc(Cl)ccc1OC1CCC1. The molecule has 1 aromatic carbocycles. The summed E-state index contributed by atoms with van der Waals surface area (Å²) < 4.78 is 10.8. The molecule has 0 heterocycles. The summed E-state index contributed by atoms with van der Waals surface area (Å²) in [6.45, 7) is 5.09. The van der Waals surface area contributed by atoms with Crippen molar-refractivity contribution in [2.75, 3.05) is 5.32 Å². The van der Waals surface area contributed by atoms with Gasteiger partial charge in [0.2, 0.25) is 0 Å². The monoisotopic (exact) mass is 325 g/mol. The molecule has 6 heteroatoms. The minimum atomic E-state index is -0.943. The van der Waals surface area contributed by atoms with Gasteiger partial charge >= 0.3 is 11.9 Å². The lowest BCUT2D eigenvalue weighted by Crippen LogP contribution is -2.33. The second-order valence-corrected chi connectivity index (χ2v) is 6.70. The van der Waals surface area contributed by atoms with E-state index in [-0.39, 0.29) is 6.10 Å². The smallest absolute Gasteiger partial charge is 0.397 e. The van der Waals surface area contributed by atoms with Crippen molar-refractivity contribution in [1.29, 1.82) is 0 Å². The van der Waals surface area contributed by atoms with E-state index >= 15 is 0 Å². The molecule has 1 saturated carbocycles. The molecule has 0 aliphatic heterocycles. The van der Waals surface area contributed by atoms with Gasteiger partial charge in [-0.2, -0.15) is 0 Å². The number of benzene rings is 1. The first kappa shape index (κ1) is 16.6. The number of anilines is 1. The van der Waals surface area contributed by atoms with Crippen LogP contribution in [0, 0.1) is 0 Å². The molecular weight excluding hydrogens is 306 g/mol. The normalized spacial score (nSPS) is 14.9. The highest BCUT2D eigenvalue weighted by molar-refractivity contribution is 6.38. The fourth-order valence-electron chi connectivity index (χ4n) is 1.87. The summed E-state index contributed by atoms with van der Waals surface area (Å²) in [5.74, 6) is -1.29. The molecule has 1 aliphatic rings. The van der Waals surface area contributed by atoms with Gasteiger partial charge in [-0.1, -0.05) is 11.6 Å². The van der Waals surface area contributed by atoms with Crippen molar-refractivity contribution in [3.05, 3.63) is 23.2 Å². The van der Waals surface area contributed by atoms with Crippen molar-refractivity contribution >= 4 is 29.2 Å².